The van der Waals surface area contributed by atoms with Gasteiger partial charge in [0, 0.05) is 11.6 Å². The molecule has 0 radical (unpaired) electrons. The van der Waals surface area contributed by atoms with Gasteiger partial charge >= 0.3 is 5.97 Å². The van der Waals surface area contributed by atoms with Crippen molar-refractivity contribution in [1.29, 1.82) is 0 Å². The van der Waals surface area contributed by atoms with Crippen molar-refractivity contribution in [3.05, 3.63) is 29.8 Å². The number of amides is 1. The molecule has 17 heavy (non-hydrogen) atoms. The second-order valence-corrected chi connectivity index (χ2v) is 4.38. The average molecular weight is 233 g/mol. The van der Waals surface area contributed by atoms with Gasteiger partial charge in [-0.25, -0.2) is 4.79 Å². The Balaban J connectivity index is 1.98. The quantitative estimate of drug-likeness (QED) is 0.813. The summed E-state index contributed by atoms with van der Waals surface area (Å²) in [7, 11) is 1.34. The highest BCUT2D eigenvalue weighted by atomic mass is 16.5. The Bertz CT molecular complexity index is 438. The molecule has 1 amide bonds. The van der Waals surface area contributed by atoms with E-state index in [0.717, 1.165) is 6.42 Å². The van der Waals surface area contributed by atoms with Crippen molar-refractivity contribution < 1.29 is 14.3 Å². The van der Waals surface area contributed by atoms with Crippen molar-refractivity contribution >= 4 is 17.6 Å². The summed E-state index contributed by atoms with van der Waals surface area (Å²) in [4.78, 5) is 22.9. The molecular formula is C13H15NO3. The average Bonchev–Trinajstić information content (AvgIpc) is 3.06. The fourth-order valence-corrected chi connectivity index (χ4v) is 1.73. The van der Waals surface area contributed by atoms with Crippen molar-refractivity contribution in [2.24, 2.45) is 11.8 Å². The number of hydrogen-bond acceptors (Lipinski definition) is 3. The van der Waals surface area contributed by atoms with E-state index in [2.05, 4.69) is 17.0 Å². The molecule has 2 rings (SSSR count). The number of ether oxygens (including phenoxy) is 1. The second-order valence-electron chi connectivity index (χ2n) is 4.38. The minimum absolute atomic E-state index is 0.0586. The van der Waals surface area contributed by atoms with Crippen LogP contribution in [0.2, 0.25) is 0 Å². The molecule has 4 nitrogen and oxygen atoms in total. The summed E-state index contributed by atoms with van der Waals surface area (Å²) in [6, 6.07) is 6.68. The number of anilines is 1. The lowest BCUT2D eigenvalue weighted by molar-refractivity contribution is -0.117. The lowest BCUT2D eigenvalue weighted by Crippen LogP contribution is -2.14. The Morgan fingerprint density at radius 3 is 2.35 bits per heavy atom. The van der Waals surface area contributed by atoms with E-state index in [0.29, 0.717) is 17.2 Å². The zero-order valence-corrected chi connectivity index (χ0v) is 9.90. The summed E-state index contributed by atoms with van der Waals surface area (Å²) in [5.41, 5.74) is 1.19. The summed E-state index contributed by atoms with van der Waals surface area (Å²) in [5.74, 6) is 0.321. The van der Waals surface area contributed by atoms with Gasteiger partial charge in [-0.15, -0.1) is 0 Å². The standard InChI is InChI=1S/C13H15NO3/c1-8-7-11(8)12(15)14-10-5-3-9(4-6-10)13(16)17-2/h3-6,8,11H,7H2,1-2H3,(H,14,15)/t8-,11-/m0/s1. The van der Waals surface area contributed by atoms with Crippen LogP contribution in [0.1, 0.15) is 23.7 Å². The summed E-state index contributed by atoms with van der Waals surface area (Å²) < 4.78 is 4.59. The van der Waals surface area contributed by atoms with Crippen molar-refractivity contribution in [2.45, 2.75) is 13.3 Å². The summed E-state index contributed by atoms with van der Waals surface area (Å²) in [6.07, 6.45) is 0.964. The number of benzene rings is 1. The summed E-state index contributed by atoms with van der Waals surface area (Å²) in [5, 5.41) is 2.83. The fraction of sp³-hybridized carbons (Fsp3) is 0.385. The van der Waals surface area contributed by atoms with Gasteiger partial charge in [-0.05, 0) is 36.6 Å². The number of hydrogen-bond donors (Lipinski definition) is 1. The molecule has 1 aliphatic rings. The van der Waals surface area contributed by atoms with Crippen LogP contribution >= 0.6 is 0 Å². The predicted molar refractivity (Wildman–Crippen MR) is 63.7 cm³/mol. The van der Waals surface area contributed by atoms with Crippen molar-refractivity contribution in [3.8, 4) is 0 Å². The number of methoxy groups -OCH3 is 1. The molecule has 0 aliphatic heterocycles. The maximum atomic E-state index is 11.7. The monoisotopic (exact) mass is 233 g/mol. The van der Waals surface area contributed by atoms with Crippen LogP contribution in [0.15, 0.2) is 24.3 Å². The maximum Gasteiger partial charge on any atom is 0.337 e. The molecular weight excluding hydrogens is 218 g/mol. The van der Waals surface area contributed by atoms with E-state index in [4.69, 9.17) is 0 Å². The number of nitrogens with one attached hydrogen (secondary N) is 1. The zero-order valence-electron chi connectivity index (χ0n) is 9.90. The Kier molecular flexibility index (Phi) is 3.13. The van der Waals surface area contributed by atoms with Crippen LogP contribution in [0.25, 0.3) is 0 Å². The van der Waals surface area contributed by atoms with Crippen molar-refractivity contribution in [3.63, 3.8) is 0 Å². The first-order chi connectivity index (χ1) is 8.11. The molecule has 1 N–H and O–H groups in total. The van der Waals surface area contributed by atoms with Crippen LogP contribution in [-0.2, 0) is 9.53 Å². The molecule has 1 fully saturated rings. The summed E-state index contributed by atoms with van der Waals surface area (Å²) >= 11 is 0. The highest BCUT2D eigenvalue weighted by molar-refractivity contribution is 5.95. The third-order valence-electron chi connectivity index (χ3n) is 3.02. The van der Waals surface area contributed by atoms with Gasteiger partial charge < -0.3 is 10.1 Å². The molecule has 0 heterocycles. The molecule has 4 heteroatoms. The topological polar surface area (TPSA) is 55.4 Å². The third kappa shape index (κ3) is 2.64. The normalized spacial score (nSPS) is 21.8. The van der Waals surface area contributed by atoms with Gasteiger partial charge in [0.15, 0.2) is 0 Å². The number of esters is 1. The fourth-order valence-electron chi connectivity index (χ4n) is 1.73. The van der Waals surface area contributed by atoms with E-state index in [1.54, 1.807) is 24.3 Å². The number of carbonyl (C=O) groups is 2. The van der Waals surface area contributed by atoms with Gasteiger partial charge in [0.1, 0.15) is 0 Å². The Labute approximate surface area is 100.0 Å². The molecule has 1 aromatic carbocycles. The van der Waals surface area contributed by atoms with Gasteiger partial charge in [0.25, 0.3) is 0 Å². The molecule has 0 unspecified atom stereocenters. The van der Waals surface area contributed by atoms with E-state index in [1.165, 1.54) is 7.11 Å². The van der Waals surface area contributed by atoms with Gasteiger partial charge in [-0.3, -0.25) is 4.79 Å². The number of carbonyl (C=O) groups excluding carboxylic acids is 2. The Hall–Kier alpha value is -1.84. The Morgan fingerprint density at radius 1 is 1.29 bits per heavy atom. The maximum absolute atomic E-state index is 11.7. The lowest BCUT2D eigenvalue weighted by Gasteiger charge is -2.05. The molecule has 1 aliphatic carbocycles. The van der Waals surface area contributed by atoms with E-state index in [-0.39, 0.29) is 17.8 Å². The summed E-state index contributed by atoms with van der Waals surface area (Å²) in [6.45, 7) is 2.06. The number of rotatable bonds is 3. The van der Waals surface area contributed by atoms with Gasteiger partial charge in [-0.1, -0.05) is 6.92 Å². The molecule has 0 spiro atoms. The first-order valence-corrected chi connectivity index (χ1v) is 5.61. The molecule has 2 atom stereocenters. The highest BCUT2D eigenvalue weighted by Crippen LogP contribution is 2.38. The van der Waals surface area contributed by atoms with E-state index < -0.39 is 0 Å². The van der Waals surface area contributed by atoms with E-state index in [9.17, 15) is 9.59 Å². The molecule has 90 valence electrons. The van der Waals surface area contributed by atoms with E-state index >= 15 is 0 Å². The smallest absolute Gasteiger partial charge is 0.337 e. The molecule has 0 saturated heterocycles. The SMILES string of the molecule is COC(=O)c1ccc(NC(=O)[C@H]2C[C@@H]2C)cc1. The van der Waals surface area contributed by atoms with E-state index in [1.807, 2.05) is 0 Å². The first-order valence-electron chi connectivity index (χ1n) is 5.61. The third-order valence-corrected chi connectivity index (χ3v) is 3.02. The van der Waals surface area contributed by atoms with Crippen LogP contribution < -0.4 is 5.32 Å². The highest BCUT2D eigenvalue weighted by Gasteiger charge is 2.38. The molecule has 1 aromatic rings. The van der Waals surface area contributed by atoms with Gasteiger partial charge in [-0.2, -0.15) is 0 Å². The van der Waals surface area contributed by atoms with Crippen LogP contribution in [0, 0.1) is 11.8 Å². The zero-order chi connectivity index (χ0) is 12.4. The minimum Gasteiger partial charge on any atom is -0.465 e. The molecule has 0 bridgehead atoms. The van der Waals surface area contributed by atoms with Gasteiger partial charge in [0.05, 0.1) is 12.7 Å². The second kappa shape index (κ2) is 4.57. The molecule has 0 aromatic heterocycles. The first kappa shape index (κ1) is 11.6. The lowest BCUT2D eigenvalue weighted by atomic mass is 10.2. The largest absolute Gasteiger partial charge is 0.465 e. The van der Waals surface area contributed by atoms with Crippen molar-refractivity contribution in [1.82, 2.24) is 0 Å². The van der Waals surface area contributed by atoms with Crippen LogP contribution in [-0.4, -0.2) is 19.0 Å². The van der Waals surface area contributed by atoms with Gasteiger partial charge in [0.2, 0.25) is 5.91 Å². The van der Waals surface area contributed by atoms with Crippen molar-refractivity contribution in [2.75, 3.05) is 12.4 Å². The Morgan fingerprint density at radius 2 is 1.88 bits per heavy atom. The minimum atomic E-state index is -0.376. The van der Waals surface area contributed by atoms with Crippen LogP contribution in [0.5, 0.6) is 0 Å². The van der Waals surface area contributed by atoms with Crippen LogP contribution in [0.3, 0.4) is 0 Å². The predicted octanol–water partition coefficient (Wildman–Crippen LogP) is 2.07. The van der Waals surface area contributed by atoms with Crippen LogP contribution in [0.4, 0.5) is 5.69 Å². The molecule has 1 saturated carbocycles.